The van der Waals surface area contributed by atoms with Crippen molar-refractivity contribution in [1.29, 1.82) is 0 Å². The van der Waals surface area contributed by atoms with Crippen molar-refractivity contribution in [3.8, 4) is 16.9 Å². The van der Waals surface area contributed by atoms with E-state index in [9.17, 15) is 30.7 Å². The standard InChI is InChI=1S/C26H22F7O2P/c1-12-3-4-22(34-11-12)14-5-18(28)24(19(29)6-14)15-7-20(30)25(21(31)8-15)26(32,33)35-16-9-17(27)13(2)23(36)10-16/h5-10,12,22H,3-4,11,36H2,1-2H3. The van der Waals surface area contributed by atoms with Gasteiger partial charge in [0.25, 0.3) is 0 Å². The molecule has 3 aromatic carbocycles. The Hall–Kier alpha value is -2.64. The summed E-state index contributed by atoms with van der Waals surface area (Å²) in [5.41, 5.74) is -2.77. The molecule has 3 atom stereocenters. The molecule has 1 fully saturated rings. The SMILES string of the molecule is Cc1c(F)cc(OC(F)(F)c2c(F)cc(-c3c(F)cc(C4CCC(C)CO4)cc3F)cc2F)cc1P. The van der Waals surface area contributed by atoms with Crippen LogP contribution in [0.15, 0.2) is 36.4 Å². The molecule has 0 radical (unpaired) electrons. The molecular weight excluding hydrogens is 508 g/mol. The van der Waals surface area contributed by atoms with E-state index < -0.39 is 63.7 Å². The minimum Gasteiger partial charge on any atom is -0.429 e. The van der Waals surface area contributed by atoms with Gasteiger partial charge in [-0.25, -0.2) is 22.0 Å². The van der Waals surface area contributed by atoms with E-state index in [1.165, 1.54) is 6.92 Å². The van der Waals surface area contributed by atoms with Gasteiger partial charge in [0.05, 0.1) is 11.7 Å². The largest absolute Gasteiger partial charge is 0.432 e. The fourth-order valence-corrected chi connectivity index (χ4v) is 4.43. The van der Waals surface area contributed by atoms with Gasteiger partial charge in [-0.1, -0.05) is 6.92 Å². The first-order chi connectivity index (χ1) is 16.9. The number of ether oxygens (including phenoxy) is 2. The predicted octanol–water partition coefficient (Wildman–Crippen LogP) is 7.47. The summed E-state index contributed by atoms with van der Waals surface area (Å²) in [6.07, 6.45) is -3.73. The first-order valence-electron chi connectivity index (χ1n) is 11.1. The van der Waals surface area contributed by atoms with Crippen LogP contribution in [0.2, 0.25) is 0 Å². The van der Waals surface area contributed by atoms with Gasteiger partial charge in [-0.3, -0.25) is 0 Å². The molecule has 1 aliphatic rings. The van der Waals surface area contributed by atoms with Crippen molar-refractivity contribution in [3.05, 3.63) is 82.2 Å². The zero-order valence-corrected chi connectivity index (χ0v) is 20.4. The van der Waals surface area contributed by atoms with Crippen LogP contribution in [0.25, 0.3) is 11.1 Å². The fraction of sp³-hybridized carbons (Fsp3) is 0.308. The van der Waals surface area contributed by atoms with Crippen LogP contribution < -0.4 is 10.0 Å². The quantitative estimate of drug-likeness (QED) is 0.252. The maximum Gasteiger partial charge on any atom is 0.432 e. The lowest BCUT2D eigenvalue weighted by Gasteiger charge is -2.27. The summed E-state index contributed by atoms with van der Waals surface area (Å²) < 4.78 is 113. The molecule has 0 aromatic heterocycles. The van der Waals surface area contributed by atoms with Gasteiger partial charge in [0.2, 0.25) is 0 Å². The van der Waals surface area contributed by atoms with Crippen molar-refractivity contribution in [2.45, 2.75) is 38.9 Å². The first kappa shape index (κ1) is 26.4. The monoisotopic (exact) mass is 530 g/mol. The third-order valence-electron chi connectivity index (χ3n) is 6.17. The lowest BCUT2D eigenvalue weighted by Crippen LogP contribution is -2.26. The third-order valence-corrected chi connectivity index (χ3v) is 6.77. The normalized spacial score (nSPS) is 18.4. The minimum absolute atomic E-state index is 0.164. The molecule has 1 aliphatic heterocycles. The highest BCUT2D eigenvalue weighted by atomic mass is 31.0. The zero-order chi connectivity index (χ0) is 26.4. The second-order valence-corrected chi connectivity index (χ2v) is 9.54. The van der Waals surface area contributed by atoms with E-state index in [0.717, 1.165) is 24.6 Å². The van der Waals surface area contributed by atoms with Crippen LogP contribution in [0, 0.1) is 41.9 Å². The molecule has 1 saturated heterocycles. The molecular formula is C26H22F7O2P. The van der Waals surface area contributed by atoms with Crippen LogP contribution in [0.5, 0.6) is 5.75 Å². The molecule has 0 N–H and O–H groups in total. The first-order valence-corrected chi connectivity index (χ1v) is 11.7. The van der Waals surface area contributed by atoms with E-state index in [0.29, 0.717) is 37.1 Å². The van der Waals surface area contributed by atoms with E-state index in [1.807, 2.05) is 6.92 Å². The van der Waals surface area contributed by atoms with Gasteiger partial charge in [-0.15, -0.1) is 9.24 Å². The summed E-state index contributed by atoms with van der Waals surface area (Å²) >= 11 is 0. The Kier molecular flexibility index (Phi) is 7.35. The topological polar surface area (TPSA) is 18.5 Å². The molecule has 192 valence electrons. The lowest BCUT2D eigenvalue weighted by molar-refractivity contribution is -0.189. The van der Waals surface area contributed by atoms with Crippen molar-refractivity contribution in [3.63, 3.8) is 0 Å². The number of hydrogen-bond donors (Lipinski definition) is 0. The van der Waals surface area contributed by atoms with E-state index in [2.05, 4.69) is 14.0 Å². The number of rotatable bonds is 5. The third kappa shape index (κ3) is 5.23. The summed E-state index contributed by atoms with van der Waals surface area (Å²) in [5, 5.41) is 0.208. The summed E-state index contributed by atoms with van der Waals surface area (Å²) in [6.45, 7) is 3.82. The summed E-state index contributed by atoms with van der Waals surface area (Å²) in [6, 6.07) is 4.52. The molecule has 3 aromatic rings. The van der Waals surface area contributed by atoms with Gasteiger partial charge < -0.3 is 9.47 Å². The molecule has 0 spiro atoms. The maximum absolute atomic E-state index is 14.9. The fourth-order valence-electron chi connectivity index (χ4n) is 4.13. The summed E-state index contributed by atoms with van der Waals surface area (Å²) in [4.78, 5) is 0. The zero-order valence-electron chi connectivity index (χ0n) is 19.3. The molecule has 3 unspecified atom stereocenters. The lowest BCUT2D eigenvalue weighted by atomic mass is 9.93. The maximum atomic E-state index is 14.9. The Balaban J connectivity index is 1.66. The van der Waals surface area contributed by atoms with Gasteiger partial charge in [0, 0.05) is 12.7 Å². The highest BCUT2D eigenvalue weighted by molar-refractivity contribution is 7.27. The Bertz CT molecular complexity index is 1230. The van der Waals surface area contributed by atoms with Crippen molar-refractivity contribution in [2.24, 2.45) is 5.92 Å². The van der Waals surface area contributed by atoms with Gasteiger partial charge in [-0.2, -0.15) is 8.78 Å². The number of hydrogen-bond acceptors (Lipinski definition) is 2. The van der Waals surface area contributed by atoms with Crippen molar-refractivity contribution in [1.82, 2.24) is 0 Å². The van der Waals surface area contributed by atoms with Gasteiger partial charge in [0.1, 0.15) is 40.4 Å². The Morgan fingerprint density at radius 3 is 2.00 bits per heavy atom. The predicted molar refractivity (Wildman–Crippen MR) is 124 cm³/mol. The van der Waals surface area contributed by atoms with Crippen LogP contribution in [0.3, 0.4) is 0 Å². The highest BCUT2D eigenvalue weighted by Crippen LogP contribution is 2.39. The second-order valence-electron chi connectivity index (χ2n) is 8.92. The van der Waals surface area contributed by atoms with Crippen LogP contribution >= 0.6 is 9.24 Å². The highest BCUT2D eigenvalue weighted by Gasteiger charge is 2.41. The smallest absolute Gasteiger partial charge is 0.429 e. The van der Waals surface area contributed by atoms with Crippen molar-refractivity contribution < 1.29 is 40.2 Å². The average Bonchev–Trinajstić information content (AvgIpc) is 2.76. The van der Waals surface area contributed by atoms with E-state index in [4.69, 9.17) is 4.74 Å². The van der Waals surface area contributed by atoms with Gasteiger partial charge >= 0.3 is 6.11 Å². The van der Waals surface area contributed by atoms with Crippen molar-refractivity contribution in [2.75, 3.05) is 6.61 Å². The van der Waals surface area contributed by atoms with Crippen molar-refractivity contribution >= 4 is 14.5 Å². The van der Waals surface area contributed by atoms with E-state index in [-0.39, 0.29) is 16.4 Å². The molecule has 0 bridgehead atoms. The summed E-state index contributed by atoms with van der Waals surface area (Å²) in [5.74, 6) is -7.03. The Morgan fingerprint density at radius 2 is 1.47 bits per heavy atom. The number of benzene rings is 3. The number of halogens is 7. The van der Waals surface area contributed by atoms with Crippen LogP contribution in [-0.2, 0) is 10.8 Å². The molecule has 1 heterocycles. The van der Waals surface area contributed by atoms with Gasteiger partial charge in [-0.05, 0) is 78.0 Å². The van der Waals surface area contributed by atoms with Crippen LogP contribution in [0.1, 0.15) is 42.6 Å². The molecule has 4 rings (SSSR count). The minimum atomic E-state index is -4.55. The molecule has 0 amide bonds. The van der Waals surface area contributed by atoms with E-state index >= 15 is 0 Å². The van der Waals surface area contributed by atoms with Crippen LogP contribution in [-0.4, -0.2) is 6.61 Å². The second kappa shape index (κ2) is 10.0. The molecule has 0 aliphatic carbocycles. The van der Waals surface area contributed by atoms with Crippen LogP contribution in [0.4, 0.5) is 30.7 Å². The molecule has 10 heteroatoms. The Labute approximate surface area is 205 Å². The van der Waals surface area contributed by atoms with E-state index in [1.54, 1.807) is 0 Å². The molecule has 36 heavy (non-hydrogen) atoms. The Morgan fingerprint density at radius 1 is 0.861 bits per heavy atom. The average molecular weight is 530 g/mol. The summed E-state index contributed by atoms with van der Waals surface area (Å²) in [7, 11) is 2.13. The molecule has 2 nitrogen and oxygen atoms in total. The van der Waals surface area contributed by atoms with Gasteiger partial charge in [0.15, 0.2) is 0 Å². The molecule has 0 saturated carbocycles. The number of alkyl halides is 2.